The SMILES string of the molecule is Cc1cc[c-]cc1.[CH-]=C(C(=O)OCC)C(=O)c1cccc(Br)c1.[Mn+2]. The van der Waals surface area contributed by atoms with Crippen LogP contribution in [0.4, 0.5) is 0 Å². The van der Waals surface area contributed by atoms with Crippen molar-refractivity contribution in [1.82, 2.24) is 0 Å². The fourth-order valence-corrected chi connectivity index (χ4v) is 1.96. The van der Waals surface area contributed by atoms with Crippen LogP contribution in [0.25, 0.3) is 0 Å². The molecule has 2 aromatic carbocycles. The van der Waals surface area contributed by atoms with Crippen LogP contribution in [0, 0.1) is 19.6 Å². The van der Waals surface area contributed by atoms with E-state index >= 15 is 0 Å². The number of hydrogen-bond acceptors (Lipinski definition) is 3. The Hall–Kier alpha value is -1.68. The zero-order chi connectivity index (χ0) is 17.2. The number of carbonyl (C=O) groups is 2. The fraction of sp³-hybridized carbons (Fsp3) is 0.158. The molecule has 0 saturated carbocycles. The van der Waals surface area contributed by atoms with Crippen LogP contribution in [0.5, 0.6) is 0 Å². The van der Waals surface area contributed by atoms with E-state index in [1.54, 1.807) is 31.2 Å². The number of ether oxygens (including phenoxy) is 1. The number of carbonyl (C=O) groups excluding carboxylic acids is 2. The Morgan fingerprint density at radius 1 is 1.21 bits per heavy atom. The number of rotatable bonds is 4. The molecule has 0 amide bonds. The van der Waals surface area contributed by atoms with Crippen molar-refractivity contribution >= 4 is 27.7 Å². The summed E-state index contributed by atoms with van der Waals surface area (Å²) in [6, 6.07) is 17.5. The van der Waals surface area contributed by atoms with Gasteiger partial charge < -0.3 is 14.3 Å². The molecule has 24 heavy (non-hydrogen) atoms. The summed E-state index contributed by atoms with van der Waals surface area (Å²) in [6.07, 6.45) is 0. The molecule has 0 fully saturated rings. The molecule has 0 unspecified atom stereocenters. The van der Waals surface area contributed by atoms with Crippen molar-refractivity contribution in [2.75, 3.05) is 6.61 Å². The quantitative estimate of drug-likeness (QED) is 0.138. The number of aryl methyl sites for hydroxylation is 1. The first-order chi connectivity index (χ1) is 11.0. The maximum Gasteiger partial charge on any atom is 2.00 e. The Balaban J connectivity index is 0.000000555. The molecular weight excluding hydrogens is 411 g/mol. The first-order valence-corrected chi connectivity index (χ1v) is 7.77. The van der Waals surface area contributed by atoms with Crippen LogP contribution in [-0.4, -0.2) is 18.4 Å². The van der Waals surface area contributed by atoms with Gasteiger partial charge in [0.1, 0.15) is 0 Å². The minimum atomic E-state index is -0.785. The van der Waals surface area contributed by atoms with Gasteiger partial charge in [0.2, 0.25) is 5.97 Å². The molecule has 0 aliphatic rings. The van der Waals surface area contributed by atoms with Gasteiger partial charge in [-0.15, -0.1) is 0 Å². The van der Waals surface area contributed by atoms with Crippen molar-refractivity contribution in [3.63, 3.8) is 0 Å². The zero-order valence-corrected chi connectivity index (χ0v) is 16.2. The summed E-state index contributed by atoms with van der Waals surface area (Å²) in [5, 5.41) is 0. The Labute approximate surface area is 161 Å². The third kappa shape index (κ3) is 7.73. The van der Waals surface area contributed by atoms with E-state index in [4.69, 9.17) is 6.58 Å². The van der Waals surface area contributed by atoms with Gasteiger partial charge in [-0.25, -0.2) is 6.58 Å². The van der Waals surface area contributed by atoms with Crippen molar-refractivity contribution in [2.24, 2.45) is 0 Å². The third-order valence-corrected chi connectivity index (χ3v) is 3.20. The van der Waals surface area contributed by atoms with Crippen molar-refractivity contribution < 1.29 is 31.4 Å². The fourth-order valence-electron chi connectivity index (χ4n) is 1.56. The first-order valence-electron chi connectivity index (χ1n) is 6.98. The molecule has 0 heterocycles. The molecule has 125 valence electrons. The average molecular weight is 428 g/mol. The van der Waals surface area contributed by atoms with Crippen LogP contribution in [-0.2, 0) is 26.6 Å². The molecule has 0 bridgehead atoms. The molecule has 1 radical (unpaired) electrons. The molecule has 0 atom stereocenters. The van der Waals surface area contributed by atoms with Gasteiger partial charge in [-0.1, -0.05) is 40.6 Å². The summed E-state index contributed by atoms with van der Waals surface area (Å²) in [4.78, 5) is 23.0. The molecule has 0 aliphatic heterocycles. The van der Waals surface area contributed by atoms with Crippen LogP contribution >= 0.6 is 15.9 Å². The van der Waals surface area contributed by atoms with E-state index in [1.165, 1.54) is 5.56 Å². The van der Waals surface area contributed by atoms with Crippen LogP contribution in [0.1, 0.15) is 22.8 Å². The third-order valence-electron chi connectivity index (χ3n) is 2.71. The number of benzene rings is 2. The largest absolute Gasteiger partial charge is 2.00 e. The Morgan fingerprint density at radius 2 is 1.83 bits per heavy atom. The van der Waals surface area contributed by atoms with E-state index in [-0.39, 0.29) is 23.7 Å². The van der Waals surface area contributed by atoms with Gasteiger partial charge in [0.05, 0.1) is 12.4 Å². The van der Waals surface area contributed by atoms with E-state index in [1.807, 2.05) is 24.3 Å². The van der Waals surface area contributed by atoms with Gasteiger partial charge in [-0.2, -0.15) is 35.9 Å². The molecule has 5 heteroatoms. The smallest absolute Gasteiger partial charge is 0.519 e. The zero-order valence-electron chi connectivity index (χ0n) is 13.4. The van der Waals surface area contributed by atoms with Crippen LogP contribution in [0.2, 0.25) is 0 Å². The van der Waals surface area contributed by atoms with E-state index in [9.17, 15) is 9.59 Å². The molecular formula is C19H17BrMnO3. The number of hydrogen-bond donors (Lipinski definition) is 0. The molecule has 2 aromatic rings. The minimum Gasteiger partial charge on any atom is -0.519 e. The standard InChI is InChI=1S/C12H10BrO3.C7H7.Mn/c1-3-16-12(15)8(2)11(14)9-5-4-6-10(13)7-9;1-7-5-3-2-4-6-7;/h2,4-7H,3H2,1H3;3-6H,1H3;/q2*-1;+2. The van der Waals surface area contributed by atoms with Crippen LogP contribution in [0.3, 0.4) is 0 Å². The normalized spacial score (nSPS) is 8.96. The summed E-state index contributed by atoms with van der Waals surface area (Å²) in [7, 11) is 0. The number of Topliss-reactive ketones (excluding diaryl/α,β-unsaturated/α-hetero) is 1. The van der Waals surface area contributed by atoms with E-state index < -0.39 is 17.3 Å². The number of esters is 1. The summed E-state index contributed by atoms with van der Waals surface area (Å²) in [5.74, 6) is -1.31. The van der Waals surface area contributed by atoms with E-state index in [0.717, 1.165) is 4.47 Å². The van der Waals surface area contributed by atoms with Crippen molar-refractivity contribution in [3.05, 3.63) is 82.3 Å². The predicted octanol–water partition coefficient (Wildman–Crippen LogP) is 4.35. The second kappa shape index (κ2) is 11.8. The molecule has 0 N–H and O–H groups in total. The molecule has 2 rings (SSSR count). The Kier molecular flexibility index (Phi) is 11.0. The van der Waals surface area contributed by atoms with Crippen LogP contribution in [0.15, 0.2) is 58.6 Å². The van der Waals surface area contributed by atoms with E-state index in [0.29, 0.717) is 5.56 Å². The maximum atomic E-state index is 11.7. The Bertz CT molecular complexity index is 684. The number of halogens is 1. The van der Waals surface area contributed by atoms with Gasteiger partial charge in [-0.3, -0.25) is 0 Å². The van der Waals surface area contributed by atoms with Crippen molar-refractivity contribution in [3.8, 4) is 0 Å². The molecule has 0 aromatic heterocycles. The topological polar surface area (TPSA) is 43.4 Å². The predicted molar refractivity (Wildman–Crippen MR) is 92.9 cm³/mol. The summed E-state index contributed by atoms with van der Waals surface area (Å²) in [6.45, 7) is 9.30. The minimum absolute atomic E-state index is 0. The molecule has 0 aliphatic carbocycles. The van der Waals surface area contributed by atoms with Gasteiger partial charge in [0, 0.05) is 4.47 Å². The maximum absolute atomic E-state index is 11.7. The van der Waals surface area contributed by atoms with Gasteiger partial charge >= 0.3 is 17.1 Å². The van der Waals surface area contributed by atoms with Crippen molar-refractivity contribution in [2.45, 2.75) is 13.8 Å². The second-order valence-electron chi connectivity index (χ2n) is 4.55. The summed E-state index contributed by atoms with van der Waals surface area (Å²) >= 11 is 3.23. The van der Waals surface area contributed by atoms with Gasteiger partial charge in [-0.05, 0) is 24.6 Å². The van der Waals surface area contributed by atoms with Gasteiger partial charge in [0.25, 0.3) is 0 Å². The molecule has 0 saturated heterocycles. The molecule has 3 nitrogen and oxygen atoms in total. The average Bonchev–Trinajstić information content (AvgIpc) is 2.55. The van der Waals surface area contributed by atoms with Gasteiger partial charge in [0.15, 0.2) is 0 Å². The van der Waals surface area contributed by atoms with E-state index in [2.05, 4.69) is 33.7 Å². The number of ketones is 1. The summed E-state index contributed by atoms with van der Waals surface area (Å²) in [5.41, 5.74) is 1.23. The van der Waals surface area contributed by atoms with Crippen LogP contribution < -0.4 is 0 Å². The monoisotopic (exact) mass is 427 g/mol. The molecule has 0 spiro atoms. The first kappa shape index (κ1) is 22.3. The Morgan fingerprint density at radius 3 is 2.29 bits per heavy atom. The second-order valence-corrected chi connectivity index (χ2v) is 5.47. The summed E-state index contributed by atoms with van der Waals surface area (Å²) < 4.78 is 5.39. The van der Waals surface area contributed by atoms with Crippen molar-refractivity contribution in [1.29, 1.82) is 0 Å².